The van der Waals surface area contributed by atoms with Gasteiger partial charge in [-0.05, 0) is 44.9 Å². The van der Waals surface area contributed by atoms with Gasteiger partial charge in [0.25, 0.3) is 0 Å². The van der Waals surface area contributed by atoms with Crippen LogP contribution in [-0.4, -0.2) is 20.8 Å². The van der Waals surface area contributed by atoms with E-state index in [0.29, 0.717) is 5.02 Å². The van der Waals surface area contributed by atoms with Crippen LogP contribution in [0.4, 0.5) is 0 Å². The Morgan fingerprint density at radius 1 is 1.39 bits per heavy atom. The van der Waals surface area contributed by atoms with Gasteiger partial charge < -0.3 is 5.73 Å². The molecule has 0 radical (unpaired) electrons. The van der Waals surface area contributed by atoms with Crippen molar-refractivity contribution in [3.05, 3.63) is 40.4 Å². The molecule has 1 aromatic carbocycles. The number of nitrogens with two attached hydrogens (primary N) is 1. The largest absolute Gasteiger partial charge is 0.328 e. The molecule has 0 spiro atoms. The summed E-state index contributed by atoms with van der Waals surface area (Å²) in [5, 5.41) is 5.00. The van der Waals surface area contributed by atoms with E-state index in [1.54, 1.807) is 4.68 Å². The maximum atomic E-state index is 6.30. The van der Waals surface area contributed by atoms with Crippen molar-refractivity contribution < 1.29 is 0 Å². The number of aromatic nitrogens is 3. The molecule has 2 aromatic rings. The van der Waals surface area contributed by atoms with Crippen LogP contribution >= 0.6 is 11.6 Å². The number of halogens is 1. The van der Waals surface area contributed by atoms with Gasteiger partial charge in [0.1, 0.15) is 11.6 Å². The van der Waals surface area contributed by atoms with Crippen molar-refractivity contribution in [3.63, 3.8) is 0 Å². The van der Waals surface area contributed by atoms with Crippen LogP contribution in [0.3, 0.4) is 0 Å². The second-order valence-corrected chi connectivity index (χ2v) is 4.99. The third-order valence-electron chi connectivity index (χ3n) is 2.67. The van der Waals surface area contributed by atoms with Crippen LogP contribution in [0.1, 0.15) is 24.1 Å². The maximum Gasteiger partial charge on any atom is 0.148 e. The van der Waals surface area contributed by atoms with Gasteiger partial charge in [-0.25, -0.2) is 9.67 Å². The first-order valence-electron chi connectivity index (χ1n) is 5.92. The molecular weight excluding hydrogens is 248 g/mol. The fraction of sp³-hybridized carbons (Fsp3) is 0.385. The zero-order valence-electron chi connectivity index (χ0n) is 10.8. The van der Waals surface area contributed by atoms with Crippen LogP contribution in [0.25, 0.3) is 5.69 Å². The maximum absolute atomic E-state index is 6.30. The average Bonchev–Trinajstić information content (AvgIpc) is 2.57. The minimum absolute atomic E-state index is 0.127. The predicted molar refractivity (Wildman–Crippen MR) is 73.2 cm³/mol. The van der Waals surface area contributed by atoms with Gasteiger partial charge in [0.05, 0.1) is 10.7 Å². The van der Waals surface area contributed by atoms with E-state index in [9.17, 15) is 0 Å². The monoisotopic (exact) mass is 264 g/mol. The smallest absolute Gasteiger partial charge is 0.148 e. The molecule has 0 fully saturated rings. The molecule has 18 heavy (non-hydrogen) atoms. The lowest BCUT2D eigenvalue weighted by Crippen LogP contribution is -2.17. The van der Waals surface area contributed by atoms with E-state index in [4.69, 9.17) is 17.3 Å². The molecule has 0 aliphatic rings. The number of hydrogen-bond acceptors (Lipinski definition) is 3. The molecule has 1 heterocycles. The van der Waals surface area contributed by atoms with Gasteiger partial charge >= 0.3 is 0 Å². The second kappa shape index (κ2) is 5.08. The summed E-state index contributed by atoms with van der Waals surface area (Å²) in [6.45, 7) is 5.75. The Labute approximate surface area is 112 Å². The van der Waals surface area contributed by atoms with Crippen molar-refractivity contribution in [2.45, 2.75) is 33.2 Å². The van der Waals surface area contributed by atoms with E-state index in [-0.39, 0.29) is 6.04 Å². The molecule has 0 saturated heterocycles. The van der Waals surface area contributed by atoms with Crippen LogP contribution in [0, 0.1) is 13.8 Å². The van der Waals surface area contributed by atoms with Crippen molar-refractivity contribution >= 4 is 11.6 Å². The molecule has 1 unspecified atom stereocenters. The highest BCUT2D eigenvalue weighted by molar-refractivity contribution is 6.32. The minimum atomic E-state index is 0.127. The Kier molecular flexibility index (Phi) is 3.68. The summed E-state index contributed by atoms with van der Waals surface area (Å²) >= 11 is 6.30. The lowest BCUT2D eigenvalue weighted by atomic mass is 10.1. The minimum Gasteiger partial charge on any atom is -0.328 e. The molecule has 0 amide bonds. The summed E-state index contributed by atoms with van der Waals surface area (Å²) in [4.78, 5) is 4.27. The highest BCUT2D eigenvalue weighted by Crippen LogP contribution is 2.23. The zero-order valence-corrected chi connectivity index (χ0v) is 11.6. The van der Waals surface area contributed by atoms with Gasteiger partial charge in [-0.2, -0.15) is 5.10 Å². The van der Waals surface area contributed by atoms with E-state index < -0.39 is 0 Å². The Morgan fingerprint density at radius 2 is 2.11 bits per heavy atom. The quantitative estimate of drug-likeness (QED) is 0.926. The molecule has 96 valence electrons. The molecule has 5 heteroatoms. The molecular formula is C13H17ClN4. The Balaban J connectivity index is 2.38. The summed E-state index contributed by atoms with van der Waals surface area (Å²) in [7, 11) is 0. The molecule has 0 aliphatic heterocycles. The first-order chi connectivity index (χ1) is 8.47. The molecule has 4 nitrogen and oxygen atoms in total. The van der Waals surface area contributed by atoms with Gasteiger partial charge in [-0.1, -0.05) is 17.7 Å². The van der Waals surface area contributed by atoms with Crippen molar-refractivity contribution in [1.29, 1.82) is 0 Å². The van der Waals surface area contributed by atoms with E-state index in [1.807, 2.05) is 39.0 Å². The third kappa shape index (κ3) is 2.71. The second-order valence-electron chi connectivity index (χ2n) is 4.59. The SMILES string of the molecule is Cc1nc(C)n(-c2ccc(CC(C)N)cc2Cl)n1. The third-order valence-corrected chi connectivity index (χ3v) is 2.98. The first-order valence-corrected chi connectivity index (χ1v) is 6.30. The average molecular weight is 265 g/mol. The van der Waals surface area contributed by atoms with Crippen molar-refractivity contribution in [1.82, 2.24) is 14.8 Å². The van der Waals surface area contributed by atoms with E-state index in [0.717, 1.165) is 29.3 Å². The molecule has 0 bridgehead atoms. The summed E-state index contributed by atoms with van der Waals surface area (Å²) in [5.74, 6) is 1.57. The van der Waals surface area contributed by atoms with E-state index in [1.165, 1.54) is 0 Å². The highest BCUT2D eigenvalue weighted by atomic mass is 35.5. The fourth-order valence-corrected chi connectivity index (χ4v) is 2.25. The number of aryl methyl sites for hydroxylation is 2. The summed E-state index contributed by atoms with van der Waals surface area (Å²) in [5.41, 5.74) is 7.76. The molecule has 0 aliphatic carbocycles. The zero-order chi connectivity index (χ0) is 13.3. The van der Waals surface area contributed by atoms with Crippen LogP contribution in [0.15, 0.2) is 18.2 Å². The van der Waals surface area contributed by atoms with Gasteiger partial charge in [0, 0.05) is 6.04 Å². The van der Waals surface area contributed by atoms with Crippen molar-refractivity contribution in [3.8, 4) is 5.69 Å². The molecule has 1 aromatic heterocycles. The Morgan fingerprint density at radius 3 is 2.61 bits per heavy atom. The molecule has 2 rings (SSSR count). The first kappa shape index (κ1) is 13.1. The Bertz CT molecular complexity index is 560. The Hall–Kier alpha value is -1.39. The van der Waals surface area contributed by atoms with Gasteiger partial charge in [-0.15, -0.1) is 0 Å². The summed E-state index contributed by atoms with van der Waals surface area (Å²) < 4.78 is 1.76. The van der Waals surface area contributed by atoms with Crippen LogP contribution < -0.4 is 5.73 Å². The number of rotatable bonds is 3. The highest BCUT2D eigenvalue weighted by Gasteiger charge is 2.10. The topological polar surface area (TPSA) is 56.7 Å². The standard InChI is InChI=1S/C13H17ClN4/c1-8(15)6-11-4-5-13(12(14)7-11)18-10(3)16-9(2)17-18/h4-5,7-8H,6,15H2,1-3H3. The van der Waals surface area contributed by atoms with Crippen LogP contribution in [-0.2, 0) is 6.42 Å². The van der Waals surface area contributed by atoms with E-state index in [2.05, 4.69) is 10.1 Å². The van der Waals surface area contributed by atoms with Gasteiger partial charge in [0.15, 0.2) is 0 Å². The van der Waals surface area contributed by atoms with Crippen molar-refractivity contribution in [2.24, 2.45) is 5.73 Å². The lowest BCUT2D eigenvalue weighted by Gasteiger charge is -2.09. The number of nitrogens with zero attached hydrogens (tertiary/aromatic N) is 3. The normalized spacial score (nSPS) is 12.7. The van der Waals surface area contributed by atoms with Crippen molar-refractivity contribution in [2.75, 3.05) is 0 Å². The number of hydrogen-bond donors (Lipinski definition) is 1. The van der Waals surface area contributed by atoms with Crippen LogP contribution in [0.5, 0.6) is 0 Å². The molecule has 1 atom stereocenters. The molecule has 2 N–H and O–H groups in total. The molecule has 0 saturated carbocycles. The van der Waals surface area contributed by atoms with E-state index >= 15 is 0 Å². The van der Waals surface area contributed by atoms with Gasteiger partial charge in [0.2, 0.25) is 0 Å². The summed E-state index contributed by atoms with van der Waals surface area (Å²) in [6, 6.07) is 6.06. The lowest BCUT2D eigenvalue weighted by molar-refractivity contribution is 0.737. The summed E-state index contributed by atoms with van der Waals surface area (Å²) in [6.07, 6.45) is 0.815. The van der Waals surface area contributed by atoms with Crippen LogP contribution in [0.2, 0.25) is 5.02 Å². The number of benzene rings is 1. The predicted octanol–water partition coefficient (Wildman–Crippen LogP) is 2.43. The fourth-order valence-electron chi connectivity index (χ4n) is 1.97. The van der Waals surface area contributed by atoms with Gasteiger partial charge in [-0.3, -0.25) is 0 Å².